The number of carbonyl (C=O) groups is 1. The van der Waals surface area contributed by atoms with Gasteiger partial charge in [-0.3, -0.25) is 4.79 Å². The molecule has 0 radical (unpaired) electrons. The molecule has 3 aromatic rings. The Morgan fingerprint density at radius 1 is 1.04 bits per heavy atom. The van der Waals surface area contributed by atoms with Gasteiger partial charge in [-0.15, -0.1) is 0 Å². The van der Waals surface area contributed by atoms with E-state index >= 15 is 0 Å². The van der Waals surface area contributed by atoms with E-state index in [1.807, 2.05) is 30.3 Å². The molecule has 0 N–H and O–H groups in total. The summed E-state index contributed by atoms with van der Waals surface area (Å²) < 4.78 is 1.05. The van der Waals surface area contributed by atoms with Crippen LogP contribution in [0.25, 0.3) is 0 Å². The minimum absolute atomic E-state index is 0.0368. The average Bonchev–Trinajstić information content (AvgIpc) is 3.10. The van der Waals surface area contributed by atoms with Gasteiger partial charge in [-0.2, -0.15) is 0 Å². The lowest BCUT2D eigenvalue weighted by molar-refractivity contribution is 0.0973. The summed E-state index contributed by atoms with van der Waals surface area (Å²) in [5.74, 6) is 0.184. The second-order valence-electron chi connectivity index (χ2n) is 7.14. The minimum Gasteiger partial charge on any atom is -0.363 e. The van der Waals surface area contributed by atoms with Crippen molar-refractivity contribution >= 4 is 27.4 Å². The number of anilines is 1. The standard InChI is InChI=1S/C24H22BrNO/c1-17-7-12-22-20(15-17)13-14-26(22)23(18-8-10-21(25)11-9-18)16-24(27)19-5-3-2-4-6-19/h2-12,15,23H,13-14,16H2,1H3/t23-/m1/s1. The Hall–Kier alpha value is -2.39. The maximum atomic E-state index is 13.0. The predicted octanol–water partition coefficient (Wildman–Crippen LogP) is 6.13. The van der Waals surface area contributed by atoms with E-state index in [9.17, 15) is 4.79 Å². The normalized spacial score (nSPS) is 14.1. The van der Waals surface area contributed by atoms with Crippen LogP contribution in [-0.2, 0) is 6.42 Å². The maximum Gasteiger partial charge on any atom is 0.165 e. The molecule has 0 fully saturated rings. The molecule has 1 aliphatic heterocycles. The van der Waals surface area contributed by atoms with Crippen LogP contribution in [0.4, 0.5) is 5.69 Å². The van der Waals surface area contributed by atoms with Gasteiger partial charge in [-0.25, -0.2) is 0 Å². The van der Waals surface area contributed by atoms with Crippen LogP contribution in [0.3, 0.4) is 0 Å². The molecule has 1 atom stereocenters. The van der Waals surface area contributed by atoms with E-state index in [0.717, 1.165) is 23.0 Å². The summed E-state index contributed by atoms with van der Waals surface area (Å²) in [4.78, 5) is 15.4. The van der Waals surface area contributed by atoms with Crippen LogP contribution in [0.2, 0.25) is 0 Å². The zero-order chi connectivity index (χ0) is 18.8. The fraction of sp³-hybridized carbons (Fsp3) is 0.208. The highest BCUT2D eigenvalue weighted by molar-refractivity contribution is 9.10. The lowest BCUT2D eigenvalue weighted by Gasteiger charge is -2.31. The van der Waals surface area contributed by atoms with Crippen LogP contribution in [0.15, 0.2) is 77.3 Å². The molecular weight excluding hydrogens is 398 g/mol. The lowest BCUT2D eigenvalue weighted by atomic mass is 9.96. The van der Waals surface area contributed by atoms with Gasteiger partial charge >= 0.3 is 0 Å². The fourth-order valence-electron chi connectivity index (χ4n) is 3.89. The Labute approximate surface area is 169 Å². The van der Waals surface area contributed by atoms with Crippen molar-refractivity contribution in [2.24, 2.45) is 0 Å². The molecule has 0 aromatic heterocycles. The number of aryl methyl sites for hydroxylation is 1. The first-order valence-corrected chi connectivity index (χ1v) is 10.1. The molecule has 0 saturated carbocycles. The third-order valence-corrected chi connectivity index (χ3v) is 5.80. The number of rotatable bonds is 5. The van der Waals surface area contributed by atoms with Gasteiger partial charge in [0.15, 0.2) is 5.78 Å². The third kappa shape index (κ3) is 3.84. The highest BCUT2D eigenvalue weighted by atomic mass is 79.9. The zero-order valence-electron chi connectivity index (χ0n) is 15.4. The zero-order valence-corrected chi connectivity index (χ0v) is 16.9. The van der Waals surface area contributed by atoms with Crippen LogP contribution in [0.5, 0.6) is 0 Å². The number of benzene rings is 3. The minimum atomic E-state index is 0.0368. The van der Waals surface area contributed by atoms with E-state index in [1.165, 1.54) is 22.4 Å². The summed E-state index contributed by atoms with van der Waals surface area (Å²) in [6, 6.07) is 24.6. The van der Waals surface area contributed by atoms with Gasteiger partial charge in [0.25, 0.3) is 0 Å². The van der Waals surface area contributed by atoms with Gasteiger partial charge in [0.05, 0.1) is 6.04 Å². The van der Waals surface area contributed by atoms with Crippen molar-refractivity contribution in [3.05, 3.63) is 99.5 Å². The van der Waals surface area contributed by atoms with E-state index in [0.29, 0.717) is 6.42 Å². The van der Waals surface area contributed by atoms with Crippen molar-refractivity contribution in [2.45, 2.75) is 25.8 Å². The van der Waals surface area contributed by atoms with Crippen molar-refractivity contribution in [2.75, 3.05) is 11.4 Å². The highest BCUT2D eigenvalue weighted by Gasteiger charge is 2.29. The molecule has 3 heteroatoms. The molecule has 1 aliphatic rings. The molecule has 0 amide bonds. The number of halogens is 1. The summed E-state index contributed by atoms with van der Waals surface area (Å²) in [6.45, 7) is 3.08. The summed E-state index contributed by atoms with van der Waals surface area (Å²) in [5.41, 5.74) is 5.88. The largest absolute Gasteiger partial charge is 0.363 e. The molecule has 0 bridgehead atoms. The first kappa shape index (κ1) is 18.0. The molecule has 0 aliphatic carbocycles. The van der Waals surface area contributed by atoms with Gasteiger partial charge in [-0.05, 0) is 42.7 Å². The van der Waals surface area contributed by atoms with Gasteiger partial charge in [0.2, 0.25) is 0 Å². The number of hydrogen-bond donors (Lipinski definition) is 0. The van der Waals surface area contributed by atoms with Crippen molar-refractivity contribution in [3.63, 3.8) is 0 Å². The molecular formula is C24H22BrNO. The quantitative estimate of drug-likeness (QED) is 0.463. The van der Waals surface area contributed by atoms with Crippen molar-refractivity contribution in [1.29, 1.82) is 0 Å². The number of Topliss-reactive ketones (excluding diaryl/α,β-unsaturated/α-hetero) is 1. The van der Waals surface area contributed by atoms with E-state index < -0.39 is 0 Å². The second kappa shape index (κ2) is 7.69. The number of hydrogen-bond acceptors (Lipinski definition) is 2. The van der Waals surface area contributed by atoms with Crippen LogP contribution in [0, 0.1) is 6.92 Å². The summed E-state index contributed by atoms with van der Waals surface area (Å²) in [7, 11) is 0. The van der Waals surface area contributed by atoms with Gasteiger partial charge < -0.3 is 4.90 Å². The molecule has 4 rings (SSSR count). The second-order valence-corrected chi connectivity index (χ2v) is 8.05. The number of nitrogens with zero attached hydrogens (tertiary/aromatic N) is 1. The van der Waals surface area contributed by atoms with Crippen LogP contribution in [-0.4, -0.2) is 12.3 Å². The lowest BCUT2D eigenvalue weighted by Crippen LogP contribution is -2.29. The SMILES string of the molecule is Cc1ccc2c(c1)CCN2[C@H](CC(=O)c1ccccc1)c1ccc(Br)cc1. The molecule has 3 aromatic carbocycles. The number of ketones is 1. The van der Waals surface area contributed by atoms with E-state index in [-0.39, 0.29) is 11.8 Å². The molecule has 27 heavy (non-hydrogen) atoms. The monoisotopic (exact) mass is 419 g/mol. The number of fused-ring (bicyclic) bond motifs is 1. The molecule has 0 spiro atoms. The van der Waals surface area contributed by atoms with Crippen LogP contribution in [0.1, 0.15) is 39.5 Å². The van der Waals surface area contributed by atoms with Gasteiger partial charge in [0.1, 0.15) is 0 Å². The first-order chi connectivity index (χ1) is 13.1. The third-order valence-electron chi connectivity index (χ3n) is 5.27. The Morgan fingerprint density at radius 2 is 1.78 bits per heavy atom. The molecule has 2 nitrogen and oxygen atoms in total. The average molecular weight is 420 g/mol. The molecule has 0 unspecified atom stereocenters. The topological polar surface area (TPSA) is 20.3 Å². The fourth-order valence-corrected chi connectivity index (χ4v) is 4.15. The van der Waals surface area contributed by atoms with Crippen LogP contribution >= 0.6 is 15.9 Å². The van der Waals surface area contributed by atoms with E-state index in [1.54, 1.807) is 0 Å². The van der Waals surface area contributed by atoms with Crippen molar-refractivity contribution in [3.8, 4) is 0 Å². The van der Waals surface area contributed by atoms with Gasteiger partial charge in [0, 0.05) is 28.7 Å². The Bertz CT molecular complexity index is 950. The van der Waals surface area contributed by atoms with Gasteiger partial charge in [-0.1, -0.05) is 76.1 Å². The molecule has 1 heterocycles. The number of carbonyl (C=O) groups excluding carboxylic acids is 1. The summed E-state index contributed by atoms with van der Waals surface area (Å²) >= 11 is 3.52. The molecule has 136 valence electrons. The summed E-state index contributed by atoms with van der Waals surface area (Å²) in [5, 5.41) is 0. The van der Waals surface area contributed by atoms with E-state index in [2.05, 4.69) is 70.2 Å². The predicted molar refractivity (Wildman–Crippen MR) is 115 cm³/mol. The van der Waals surface area contributed by atoms with Crippen molar-refractivity contribution < 1.29 is 4.79 Å². The molecule has 0 saturated heterocycles. The Kier molecular flexibility index (Phi) is 5.13. The first-order valence-electron chi connectivity index (χ1n) is 9.32. The van der Waals surface area contributed by atoms with E-state index in [4.69, 9.17) is 0 Å². The maximum absolute atomic E-state index is 13.0. The Morgan fingerprint density at radius 3 is 2.52 bits per heavy atom. The van der Waals surface area contributed by atoms with Crippen molar-refractivity contribution in [1.82, 2.24) is 0 Å². The van der Waals surface area contributed by atoms with Crippen LogP contribution < -0.4 is 4.90 Å². The smallest absolute Gasteiger partial charge is 0.165 e. The highest BCUT2D eigenvalue weighted by Crippen LogP contribution is 2.38. The summed E-state index contributed by atoms with van der Waals surface area (Å²) in [6.07, 6.45) is 1.50. The Balaban J connectivity index is 1.69.